The molecule has 3 heterocycles. The lowest BCUT2D eigenvalue weighted by Crippen LogP contribution is -2.57. The van der Waals surface area contributed by atoms with Crippen LogP contribution < -0.4 is 11.1 Å². The van der Waals surface area contributed by atoms with Crippen LogP contribution in [0.15, 0.2) is 21.3 Å². The molecule has 0 spiro atoms. The van der Waals surface area contributed by atoms with Gasteiger partial charge >= 0.3 is 5.76 Å². The van der Waals surface area contributed by atoms with Gasteiger partial charge in [0.15, 0.2) is 11.2 Å². The molecule has 0 bridgehead atoms. The maximum atomic E-state index is 12.7. The van der Waals surface area contributed by atoms with Gasteiger partial charge in [-0.05, 0) is 24.5 Å². The van der Waals surface area contributed by atoms with E-state index in [1.165, 1.54) is 12.1 Å². The van der Waals surface area contributed by atoms with E-state index in [4.69, 9.17) is 4.42 Å². The van der Waals surface area contributed by atoms with Crippen molar-refractivity contribution in [1.82, 2.24) is 20.2 Å². The summed E-state index contributed by atoms with van der Waals surface area (Å²) in [5.74, 6) is -0.808. The van der Waals surface area contributed by atoms with Crippen molar-refractivity contribution in [2.24, 2.45) is 5.92 Å². The number of aromatic amines is 1. The average Bonchev–Trinajstić information content (AvgIpc) is 2.87. The van der Waals surface area contributed by atoms with Crippen molar-refractivity contribution >= 4 is 23.0 Å². The molecule has 1 saturated heterocycles. The summed E-state index contributed by atoms with van der Waals surface area (Å²) in [6.45, 7) is 4.86. The van der Waals surface area contributed by atoms with Gasteiger partial charge in [0, 0.05) is 13.1 Å². The fraction of sp³-hybridized carbons (Fsp3) is 0.467. The highest BCUT2D eigenvalue weighted by molar-refractivity contribution is 5.97. The first-order valence-electron chi connectivity index (χ1n) is 7.54. The molecule has 0 unspecified atom stereocenters. The monoisotopic (exact) mass is 318 g/mol. The molecule has 2 amide bonds. The normalized spacial score (nSPS) is 18.5. The summed E-state index contributed by atoms with van der Waals surface area (Å²) < 4.78 is 4.88. The summed E-state index contributed by atoms with van der Waals surface area (Å²) >= 11 is 0. The van der Waals surface area contributed by atoms with E-state index in [2.05, 4.69) is 15.3 Å². The van der Waals surface area contributed by atoms with Crippen molar-refractivity contribution in [3.05, 3.63) is 28.4 Å². The first kappa shape index (κ1) is 15.3. The quantitative estimate of drug-likeness (QED) is 0.857. The molecule has 1 aliphatic heterocycles. The molecule has 122 valence electrons. The van der Waals surface area contributed by atoms with Gasteiger partial charge in [-0.2, -0.15) is 0 Å². The Labute approximate surface area is 131 Å². The van der Waals surface area contributed by atoms with Crippen LogP contribution in [0.1, 0.15) is 30.8 Å². The summed E-state index contributed by atoms with van der Waals surface area (Å²) in [7, 11) is 0. The lowest BCUT2D eigenvalue weighted by Gasteiger charge is -2.35. The third kappa shape index (κ3) is 2.96. The van der Waals surface area contributed by atoms with Crippen LogP contribution in [0.4, 0.5) is 0 Å². The molecule has 3 rings (SSSR count). The smallest absolute Gasteiger partial charge is 0.406 e. The fourth-order valence-electron chi connectivity index (χ4n) is 2.75. The second kappa shape index (κ2) is 5.86. The third-order valence-electron chi connectivity index (χ3n) is 3.79. The summed E-state index contributed by atoms with van der Waals surface area (Å²) in [5, 5.41) is 2.79. The van der Waals surface area contributed by atoms with Gasteiger partial charge in [0.05, 0.1) is 0 Å². The van der Waals surface area contributed by atoms with Crippen molar-refractivity contribution in [3.8, 4) is 0 Å². The number of hydrogen-bond donors (Lipinski definition) is 2. The SMILES string of the molecule is CC(C)C[C@@H]1C(=O)NCCN1C(=O)c1ccc2oc(=O)[nH]c2n1. The second-order valence-corrected chi connectivity index (χ2v) is 5.99. The highest BCUT2D eigenvalue weighted by atomic mass is 16.4. The van der Waals surface area contributed by atoms with Crippen LogP contribution in [0.3, 0.4) is 0 Å². The number of carbonyl (C=O) groups is 2. The van der Waals surface area contributed by atoms with Crippen LogP contribution in [-0.4, -0.2) is 45.8 Å². The average molecular weight is 318 g/mol. The molecule has 0 radical (unpaired) electrons. The van der Waals surface area contributed by atoms with E-state index >= 15 is 0 Å². The van der Waals surface area contributed by atoms with E-state index in [9.17, 15) is 14.4 Å². The molecule has 8 nitrogen and oxygen atoms in total. The van der Waals surface area contributed by atoms with Gasteiger partial charge in [0.2, 0.25) is 5.91 Å². The minimum absolute atomic E-state index is 0.143. The molecule has 23 heavy (non-hydrogen) atoms. The molecular weight excluding hydrogens is 300 g/mol. The summed E-state index contributed by atoms with van der Waals surface area (Å²) in [4.78, 5) is 44.1. The number of H-pyrrole nitrogens is 1. The zero-order valence-corrected chi connectivity index (χ0v) is 13.0. The first-order chi connectivity index (χ1) is 11.0. The van der Waals surface area contributed by atoms with Crippen LogP contribution in [0, 0.1) is 5.92 Å². The number of piperazine rings is 1. The van der Waals surface area contributed by atoms with Crippen LogP contribution in [0.5, 0.6) is 0 Å². The third-order valence-corrected chi connectivity index (χ3v) is 3.79. The van der Waals surface area contributed by atoms with Gasteiger partial charge in [-0.25, -0.2) is 9.78 Å². The Kier molecular flexibility index (Phi) is 3.89. The Bertz CT molecular complexity index is 807. The van der Waals surface area contributed by atoms with E-state index in [-0.39, 0.29) is 29.1 Å². The van der Waals surface area contributed by atoms with Crippen molar-refractivity contribution in [1.29, 1.82) is 0 Å². The predicted octanol–water partition coefficient (Wildman–Crippen LogP) is 0.503. The maximum Gasteiger partial charge on any atom is 0.418 e. The number of hydrogen-bond acceptors (Lipinski definition) is 5. The number of nitrogens with one attached hydrogen (secondary N) is 2. The summed E-state index contributed by atoms with van der Waals surface area (Å²) in [6, 6.07) is 2.52. The van der Waals surface area contributed by atoms with Gasteiger partial charge < -0.3 is 14.6 Å². The molecule has 2 aromatic rings. The van der Waals surface area contributed by atoms with E-state index in [1.807, 2.05) is 13.8 Å². The molecular formula is C15H18N4O4. The van der Waals surface area contributed by atoms with E-state index in [0.29, 0.717) is 25.1 Å². The first-order valence-corrected chi connectivity index (χ1v) is 7.54. The van der Waals surface area contributed by atoms with Crippen molar-refractivity contribution < 1.29 is 14.0 Å². The minimum atomic E-state index is -0.618. The number of rotatable bonds is 3. The second-order valence-electron chi connectivity index (χ2n) is 5.99. The number of fused-ring (bicyclic) bond motifs is 1. The van der Waals surface area contributed by atoms with Crippen LogP contribution in [0.2, 0.25) is 0 Å². The zero-order valence-electron chi connectivity index (χ0n) is 13.0. The molecule has 1 atom stereocenters. The summed E-state index contributed by atoms with van der Waals surface area (Å²) in [5.41, 5.74) is 0.697. The van der Waals surface area contributed by atoms with Gasteiger partial charge in [0.1, 0.15) is 11.7 Å². The van der Waals surface area contributed by atoms with E-state index < -0.39 is 11.8 Å². The van der Waals surface area contributed by atoms with Gasteiger partial charge in [-0.1, -0.05) is 13.8 Å². The van der Waals surface area contributed by atoms with Crippen LogP contribution >= 0.6 is 0 Å². The Morgan fingerprint density at radius 2 is 2.22 bits per heavy atom. The minimum Gasteiger partial charge on any atom is -0.406 e. The lowest BCUT2D eigenvalue weighted by atomic mass is 9.99. The Balaban J connectivity index is 1.91. The molecule has 0 aliphatic carbocycles. The van der Waals surface area contributed by atoms with E-state index in [0.717, 1.165) is 0 Å². The van der Waals surface area contributed by atoms with Crippen molar-refractivity contribution in [3.63, 3.8) is 0 Å². The van der Waals surface area contributed by atoms with Crippen LogP contribution in [0.25, 0.3) is 11.2 Å². The highest BCUT2D eigenvalue weighted by Gasteiger charge is 2.34. The number of oxazole rings is 1. The zero-order chi connectivity index (χ0) is 16.6. The topological polar surface area (TPSA) is 108 Å². The number of amides is 2. The highest BCUT2D eigenvalue weighted by Crippen LogP contribution is 2.18. The van der Waals surface area contributed by atoms with Crippen LogP contribution in [-0.2, 0) is 4.79 Å². The predicted molar refractivity (Wildman–Crippen MR) is 81.9 cm³/mol. The number of nitrogens with zero attached hydrogens (tertiary/aromatic N) is 2. The van der Waals surface area contributed by atoms with Crippen molar-refractivity contribution in [2.45, 2.75) is 26.3 Å². The van der Waals surface area contributed by atoms with Crippen molar-refractivity contribution in [2.75, 3.05) is 13.1 Å². The Morgan fingerprint density at radius 1 is 1.43 bits per heavy atom. The molecule has 1 fully saturated rings. The fourth-order valence-corrected chi connectivity index (χ4v) is 2.75. The Morgan fingerprint density at radius 3 is 2.96 bits per heavy atom. The van der Waals surface area contributed by atoms with Gasteiger partial charge in [0.25, 0.3) is 5.91 Å². The summed E-state index contributed by atoms with van der Waals surface area (Å²) in [6.07, 6.45) is 0.586. The molecule has 0 aromatic carbocycles. The molecule has 8 heteroatoms. The lowest BCUT2D eigenvalue weighted by molar-refractivity contribution is -0.128. The molecule has 2 aromatic heterocycles. The molecule has 2 N–H and O–H groups in total. The standard InChI is InChI=1S/C15H18N4O4/c1-8(2)7-10-13(20)16-5-6-19(10)14(21)9-3-4-11-12(17-9)18-15(22)23-11/h3-4,8,10H,5-7H2,1-2H3,(H,16,20)(H,17,18,22)/t10-/m1/s1. The van der Waals surface area contributed by atoms with E-state index in [1.54, 1.807) is 4.90 Å². The molecule has 1 aliphatic rings. The molecule has 0 saturated carbocycles. The number of carbonyl (C=O) groups excluding carboxylic acids is 2. The number of aromatic nitrogens is 2. The van der Waals surface area contributed by atoms with Gasteiger partial charge in [-0.3, -0.25) is 14.6 Å². The largest absolute Gasteiger partial charge is 0.418 e. The maximum absolute atomic E-state index is 12.7. The Hall–Kier alpha value is -2.64. The number of pyridine rings is 1. The van der Waals surface area contributed by atoms with Gasteiger partial charge in [-0.15, -0.1) is 0 Å².